The number of ether oxygens (including phenoxy) is 1. The van der Waals surface area contributed by atoms with Crippen LogP contribution in [0.2, 0.25) is 0 Å². The zero-order valence-corrected chi connectivity index (χ0v) is 14.4. The lowest BCUT2D eigenvalue weighted by atomic mass is 9.93. The molecular weight excluding hydrogens is 344 g/mol. The van der Waals surface area contributed by atoms with Gasteiger partial charge in [-0.2, -0.15) is 10.5 Å². The van der Waals surface area contributed by atoms with Gasteiger partial charge >= 0.3 is 0 Å². The number of benzene rings is 1. The maximum atomic E-state index is 9.37. The highest BCUT2D eigenvalue weighted by Crippen LogP contribution is 2.42. The Bertz CT molecular complexity index is 1060. The first kappa shape index (κ1) is 16.5. The molecular formula is C18H16N8O. The van der Waals surface area contributed by atoms with E-state index in [0.29, 0.717) is 11.4 Å². The molecule has 6 N–H and O–H groups in total. The van der Waals surface area contributed by atoms with Crippen LogP contribution >= 0.6 is 0 Å². The van der Waals surface area contributed by atoms with E-state index in [1.54, 1.807) is 0 Å². The molecule has 27 heavy (non-hydrogen) atoms. The van der Waals surface area contributed by atoms with Crippen LogP contribution in [0.3, 0.4) is 0 Å². The molecule has 2 unspecified atom stereocenters. The van der Waals surface area contributed by atoms with Crippen LogP contribution < -0.4 is 26.8 Å². The van der Waals surface area contributed by atoms with E-state index in [-0.39, 0.29) is 29.1 Å². The third kappa shape index (κ3) is 2.62. The van der Waals surface area contributed by atoms with E-state index in [0.717, 1.165) is 23.3 Å². The van der Waals surface area contributed by atoms with E-state index in [9.17, 15) is 5.26 Å². The van der Waals surface area contributed by atoms with Crippen molar-refractivity contribution >= 4 is 23.3 Å². The van der Waals surface area contributed by atoms with Gasteiger partial charge in [-0.15, -0.1) is 0 Å². The number of nitrogen functional groups attached to an aromatic ring is 2. The molecule has 0 fully saturated rings. The molecule has 0 spiro atoms. The third-order valence-corrected chi connectivity index (χ3v) is 4.59. The van der Waals surface area contributed by atoms with Crippen LogP contribution in [0.4, 0.5) is 17.3 Å². The molecule has 4 rings (SSSR count). The molecule has 2 aliphatic heterocycles. The molecule has 0 aliphatic carbocycles. The number of nitrogens with zero attached hydrogens (tertiary/aromatic N) is 4. The van der Waals surface area contributed by atoms with Crippen molar-refractivity contribution < 1.29 is 4.74 Å². The molecule has 1 aromatic carbocycles. The van der Waals surface area contributed by atoms with Gasteiger partial charge in [-0.1, -0.05) is 6.07 Å². The fourth-order valence-electron chi connectivity index (χ4n) is 3.43. The molecule has 0 saturated heterocycles. The van der Waals surface area contributed by atoms with Crippen LogP contribution in [0, 0.1) is 22.8 Å². The summed E-state index contributed by atoms with van der Waals surface area (Å²) in [6.45, 7) is 2.01. The maximum absolute atomic E-state index is 9.37. The molecule has 134 valence electrons. The molecule has 2 aliphatic rings. The Hall–Kier alpha value is -3.98. The smallest absolute Gasteiger partial charge is 0.211 e. The number of guanidine groups is 1. The Morgan fingerprint density at radius 1 is 1.33 bits per heavy atom. The average Bonchev–Trinajstić information content (AvgIpc) is 3.00. The van der Waals surface area contributed by atoms with Gasteiger partial charge in [-0.05, 0) is 30.2 Å². The Morgan fingerprint density at radius 3 is 2.89 bits per heavy atom. The van der Waals surface area contributed by atoms with Crippen LogP contribution in [0.1, 0.15) is 35.2 Å². The molecule has 9 heteroatoms. The number of nitriles is 2. The standard InChI is InChI=1S/C18H16N8O/c1-8-4-10-5-9(2-3-12(10)27-8)15-13-14(21)11(6-19)16(22)25-17(13)26-18(24-15)23-7-20/h2-3,5,8,15H,4H2,1H3,(H6,21,22,23,24,25,26). The van der Waals surface area contributed by atoms with Crippen molar-refractivity contribution in [3.05, 3.63) is 40.5 Å². The summed E-state index contributed by atoms with van der Waals surface area (Å²) in [6, 6.07) is 7.25. The van der Waals surface area contributed by atoms with Crippen LogP contribution in [-0.2, 0) is 6.42 Å². The number of rotatable bonds is 1. The second kappa shape index (κ2) is 6.07. The second-order valence-electron chi connectivity index (χ2n) is 6.40. The summed E-state index contributed by atoms with van der Waals surface area (Å²) in [7, 11) is 0. The van der Waals surface area contributed by atoms with Gasteiger partial charge in [0.2, 0.25) is 5.96 Å². The minimum absolute atomic E-state index is 0.0226. The normalized spacial score (nSPS) is 19.4. The van der Waals surface area contributed by atoms with E-state index in [1.165, 1.54) is 0 Å². The van der Waals surface area contributed by atoms with E-state index in [4.69, 9.17) is 21.5 Å². The quantitative estimate of drug-likeness (QED) is 0.438. The average molecular weight is 360 g/mol. The number of pyridine rings is 1. The van der Waals surface area contributed by atoms with E-state index in [1.807, 2.05) is 37.4 Å². The van der Waals surface area contributed by atoms with Gasteiger partial charge in [0, 0.05) is 12.0 Å². The van der Waals surface area contributed by atoms with Crippen molar-refractivity contribution in [2.24, 2.45) is 4.99 Å². The lowest BCUT2D eigenvalue weighted by molar-refractivity contribution is 0.254. The van der Waals surface area contributed by atoms with Gasteiger partial charge in [-0.3, -0.25) is 5.32 Å². The lowest BCUT2D eigenvalue weighted by Gasteiger charge is -2.26. The monoisotopic (exact) mass is 360 g/mol. The van der Waals surface area contributed by atoms with Crippen LogP contribution in [0.5, 0.6) is 5.75 Å². The zero-order valence-electron chi connectivity index (χ0n) is 14.4. The first-order valence-electron chi connectivity index (χ1n) is 8.30. The molecule has 3 heterocycles. The number of aromatic nitrogens is 1. The minimum atomic E-state index is -0.543. The topological polar surface area (TPSA) is 158 Å². The second-order valence-corrected chi connectivity index (χ2v) is 6.40. The van der Waals surface area contributed by atoms with Crippen molar-refractivity contribution in [3.8, 4) is 18.0 Å². The SMILES string of the molecule is CC1Cc2cc(C3N=C(NC#N)Nc4nc(N)c(C#N)c(N)c43)ccc2O1. The maximum Gasteiger partial charge on any atom is 0.211 e. The highest BCUT2D eigenvalue weighted by Gasteiger charge is 2.30. The molecule has 0 bridgehead atoms. The number of fused-ring (bicyclic) bond motifs is 2. The van der Waals surface area contributed by atoms with Crippen molar-refractivity contribution in [2.75, 3.05) is 16.8 Å². The first-order chi connectivity index (χ1) is 13.0. The predicted octanol–water partition coefficient (Wildman–Crippen LogP) is 1.38. The largest absolute Gasteiger partial charge is 0.490 e. The van der Waals surface area contributed by atoms with Gasteiger partial charge in [0.25, 0.3) is 0 Å². The molecule has 9 nitrogen and oxygen atoms in total. The van der Waals surface area contributed by atoms with Crippen LogP contribution in [0.15, 0.2) is 23.2 Å². The highest BCUT2D eigenvalue weighted by atomic mass is 16.5. The van der Waals surface area contributed by atoms with Crippen LogP contribution in [0.25, 0.3) is 0 Å². The van der Waals surface area contributed by atoms with Crippen molar-refractivity contribution in [2.45, 2.75) is 25.5 Å². The number of aliphatic imine (C=N–C) groups is 1. The Kier molecular flexibility index (Phi) is 3.71. The number of hydrogen-bond donors (Lipinski definition) is 4. The molecule has 0 amide bonds. The number of nitrogens with one attached hydrogen (secondary N) is 2. The molecule has 2 aromatic rings. The zero-order chi connectivity index (χ0) is 19.1. The number of hydrogen-bond acceptors (Lipinski definition) is 9. The lowest BCUT2D eigenvalue weighted by Crippen LogP contribution is -2.32. The number of nitrogens with two attached hydrogens (primary N) is 2. The molecule has 0 radical (unpaired) electrons. The van der Waals surface area contributed by atoms with Gasteiger partial charge < -0.3 is 21.5 Å². The summed E-state index contributed by atoms with van der Waals surface area (Å²) < 4.78 is 5.75. The summed E-state index contributed by atoms with van der Waals surface area (Å²) in [4.78, 5) is 8.80. The Morgan fingerprint density at radius 2 is 2.15 bits per heavy atom. The first-order valence-corrected chi connectivity index (χ1v) is 8.30. The Balaban J connectivity index is 1.89. The summed E-state index contributed by atoms with van der Waals surface area (Å²) in [6.07, 6.45) is 2.75. The number of anilines is 3. The summed E-state index contributed by atoms with van der Waals surface area (Å²) in [5, 5.41) is 23.7. The minimum Gasteiger partial charge on any atom is -0.490 e. The fraction of sp³-hybridized carbons (Fsp3) is 0.222. The van der Waals surface area contributed by atoms with Crippen LogP contribution in [-0.4, -0.2) is 17.0 Å². The van der Waals surface area contributed by atoms with E-state index < -0.39 is 6.04 Å². The highest BCUT2D eigenvalue weighted by molar-refractivity contribution is 5.98. The van der Waals surface area contributed by atoms with E-state index >= 15 is 0 Å². The fourth-order valence-corrected chi connectivity index (χ4v) is 3.43. The summed E-state index contributed by atoms with van der Waals surface area (Å²) in [5.74, 6) is 1.47. The van der Waals surface area contributed by atoms with Crippen molar-refractivity contribution in [1.82, 2.24) is 10.3 Å². The summed E-state index contributed by atoms with van der Waals surface area (Å²) in [5.41, 5.74) is 14.9. The molecule has 1 aromatic heterocycles. The Labute approximate surface area is 155 Å². The van der Waals surface area contributed by atoms with Gasteiger partial charge in [0.05, 0.1) is 5.69 Å². The summed E-state index contributed by atoms with van der Waals surface area (Å²) >= 11 is 0. The predicted molar refractivity (Wildman–Crippen MR) is 99.7 cm³/mol. The molecule has 2 atom stereocenters. The van der Waals surface area contributed by atoms with Gasteiger partial charge in [0.1, 0.15) is 41.2 Å². The van der Waals surface area contributed by atoms with Crippen molar-refractivity contribution in [3.63, 3.8) is 0 Å². The van der Waals surface area contributed by atoms with Crippen molar-refractivity contribution in [1.29, 1.82) is 10.5 Å². The van der Waals surface area contributed by atoms with Gasteiger partial charge in [0.15, 0.2) is 6.19 Å². The molecule has 0 saturated carbocycles. The third-order valence-electron chi connectivity index (χ3n) is 4.59. The van der Waals surface area contributed by atoms with Gasteiger partial charge in [-0.25, -0.2) is 9.98 Å². The van der Waals surface area contributed by atoms with E-state index in [2.05, 4.69) is 20.6 Å².